The number of imidazole rings is 1. The first kappa shape index (κ1) is 16.5. The Hall–Kier alpha value is -2.38. The molecule has 24 heavy (non-hydrogen) atoms. The monoisotopic (exact) mass is 345 g/mol. The molecule has 1 aromatic heterocycles. The van der Waals surface area contributed by atoms with Gasteiger partial charge in [-0.1, -0.05) is 12.1 Å². The number of aryl methyl sites for hydroxylation is 2. The van der Waals surface area contributed by atoms with Crippen molar-refractivity contribution in [3.63, 3.8) is 0 Å². The predicted molar refractivity (Wildman–Crippen MR) is 92.5 cm³/mol. The Labute approximate surface area is 141 Å². The first-order chi connectivity index (χ1) is 11.4. The number of hydrogen-bond donors (Lipinski definition) is 1. The van der Waals surface area contributed by atoms with Crippen LogP contribution >= 0.6 is 0 Å². The Morgan fingerprint density at radius 2 is 1.88 bits per heavy atom. The SMILES string of the molecule is COc1ccc(S(=O)(=O)NCc2nc3cccc(C)c3n2C)cc1. The summed E-state index contributed by atoms with van der Waals surface area (Å²) in [5, 5.41) is 0. The van der Waals surface area contributed by atoms with Crippen LogP contribution in [0.5, 0.6) is 5.75 Å². The van der Waals surface area contributed by atoms with Crippen LogP contribution in [0.2, 0.25) is 0 Å². The second-order valence-corrected chi connectivity index (χ2v) is 7.30. The van der Waals surface area contributed by atoms with E-state index in [0.717, 1.165) is 16.6 Å². The van der Waals surface area contributed by atoms with Gasteiger partial charge < -0.3 is 9.30 Å². The van der Waals surface area contributed by atoms with Crippen LogP contribution in [-0.4, -0.2) is 25.1 Å². The molecule has 6 nitrogen and oxygen atoms in total. The Morgan fingerprint density at radius 1 is 1.17 bits per heavy atom. The molecule has 1 heterocycles. The summed E-state index contributed by atoms with van der Waals surface area (Å²) in [7, 11) is -0.181. The smallest absolute Gasteiger partial charge is 0.240 e. The highest BCUT2D eigenvalue weighted by atomic mass is 32.2. The molecule has 7 heteroatoms. The molecule has 0 saturated heterocycles. The standard InChI is InChI=1S/C17H19N3O3S/c1-12-5-4-6-15-17(12)20(2)16(19-15)11-18-24(21,22)14-9-7-13(23-3)8-10-14/h4-10,18H,11H2,1-3H3. The quantitative estimate of drug-likeness (QED) is 0.770. The van der Waals surface area contributed by atoms with E-state index < -0.39 is 10.0 Å². The Kier molecular flexibility index (Phi) is 4.29. The molecule has 0 aliphatic heterocycles. The number of sulfonamides is 1. The third-order valence-corrected chi connectivity index (χ3v) is 5.40. The van der Waals surface area contributed by atoms with E-state index in [1.54, 1.807) is 12.1 Å². The second-order valence-electron chi connectivity index (χ2n) is 5.53. The number of ether oxygens (including phenoxy) is 1. The zero-order valence-electron chi connectivity index (χ0n) is 13.8. The highest BCUT2D eigenvalue weighted by Gasteiger charge is 2.16. The lowest BCUT2D eigenvalue weighted by Gasteiger charge is -2.08. The van der Waals surface area contributed by atoms with E-state index in [1.807, 2.05) is 36.7 Å². The van der Waals surface area contributed by atoms with Gasteiger partial charge in [-0.2, -0.15) is 0 Å². The largest absolute Gasteiger partial charge is 0.497 e. The fourth-order valence-corrected chi connectivity index (χ4v) is 3.65. The zero-order chi connectivity index (χ0) is 17.3. The minimum Gasteiger partial charge on any atom is -0.497 e. The summed E-state index contributed by atoms with van der Waals surface area (Å²) in [5.74, 6) is 1.27. The molecule has 126 valence electrons. The molecule has 0 bridgehead atoms. The molecule has 2 aromatic carbocycles. The minimum absolute atomic E-state index is 0.124. The van der Waals surface area contributed by atoms with Crippen LogP contribution in [0, 0.1) is 6.92 Å². The van der Waals surface area contributed by atoms with Gasteiger partial charge in [-0.15, -0.1) is 0 Å². The van der Waals surface area contributed by atoms with E-state index in [4.69, 9.17) is 4.74 Å². The molecule has 0 fully saturated rings. The number of nitrogens with zero attached hydrogens (tertiary/aromatic N) is 2. The lowest BCUT2D eigenvalue weighted by molar-refractivity contribution is 0.414. The summed E-state index contributed by atoms with van der Waals surface area (Å²) in [5.41, 5.74) is 2.97. The molecule has 0 aliphatic carbocycles. The van der Waals surface area contributed by atoms with Gasteiger partial charge in [0.15, 0.2) is 0 Å². The molecule has 0 spiro atoms. The van der Waals surface area contributed by atoms with E-state index in [-0.39, 0.29) is 11.4 Å². The van der Waals surface area contributed by atoms with Gasteiger partial charge in [0.25, 0.3) is 0 Å². The van der Waals surface area contributed by atoms with Gasteiger partial charge in [0.05, 0.1) is 29.6 Å². The van der Waals surface area contributed by atoms with Gasteiger partial charge in [-0.05, 0) is 42.8 Å². The van der Waals surface area contributed by atoms with Crippen LogP contribution < -0.4 is 9.46 Å². The first-order valence-corrected chi connectivity index (χ1v) is 8.95. The van der Waals surface area contributed by atoms with Crippen molar-refractivity contribution in [2.24, 2.45) is 7.05 Å². The van der Waals surface area contributed by atoms with Crippen molar-refractivity contribution >= 4 is 21.1 Å². The Balaban J connectivity index is 1.84. The molecule has 3 rings (SSSR count). The van der Waals surface area contributed by atoms with Crippen LogP contribution in [0.4, 0.5) is 0 Å². The molecule has 0 saturated carbocycles. The number of hydrogen-bond acceptors (Lipinski definition) is 4. The van der Waals surface area contributed by atoms with Crippen molar-refractivity contribution in [3.8, 4) is 5.75 Å². The van der Waals surface area contributed by atoms with Gasteiger partial charge in [-0.3, -0.25) is 0 Å². The average molecular weight is 345 g/mol. The molecule has 0 atom stereocenters. The normalized spacial score (nSPS) is 11.8. The molecule has 0 unspecified atom stereocenters. The summed E-state index contributed by atoms with van der Waals surface area (Å²) < 4.78 is 34.4. The van der Waals surface area contributed by atoms with Crippen LogP contribution in [-0.2, 0) is 23.6 Å². The van der Waals surface area contributed by atoms with Crippen molar-refractivity contribution in [2.75, 3.05) is 7.11 Å². The zero-order valence-corrected chi connectivity index (χ0v) is 14.6. The summed E-state index contributed by atoms with van der Waals surface area (Å²) in [4.78, 5) is 4.71. The summed E-state index contributed by atoms with van der Waals surface area (Å²) >= 11 is 0. The van der Waals surface area contributed by atoms with E-state index in [2.05, 4.69) is 9.71 Å². The Bertz CT molecular complexity index is 976. The summed E-state index contributed by atoms with van der Waals surface area (Å²) in [6.07, 6.45) is 0. The highest BCUT2D eigenvalue weighted by Crippen LogP contribution is 2.19. The predicted octanol–water partition coefficient (Wildman–Crippen LogP) is 2.37. The van der Waals surface area contributed by atoms with Gasteiger partial charge >= 0.3 is 0 Å². The molecular weight excluding hydrogens is 326 g/mol. The Morgan fingerprint density at radius 3 is 2.50 bits per heavy atom. The number of para-hydroxylation sites is 1. The topological polar surface area (TPSA) is 73.2 Å². The third-order valence-electron chi connectivity index (χ3n) is 3.98. The van der Waals surface area contributed by atoms with Crippen LogP contribution in [0.1, 0.15) is 11.4 Å². The molecule has 0 amide bonds. The molecule has 0 aliphatic rings. The van der Waals surface area contributed by atoms with E-state index in [1.165, 1.54) is 19.2 Å². The number of aromatic nitrogens is 2. The van der Waals surface area contributed by atoms with Crippen molar-refractivity contribution in [1.82, 2.24) is 14.3 Å². The lowest BCUT2D eigenvalue weighted by atomic mass is 10.2. The number of benzene rings is 2. The summed E-state index contributed by atoms with van der Waals surface area (Å²) in [6, 6.07) is 12.1. The van der Waals surface area contributed by atoms with E-state index in [9.17, 15) is 8.42 Å². The number of fused-ring (bicyclic) bond motifs is 1. The molecular formula is C17H19N3O3S. The molecule has 3 aromatic rings. The maximum Gasteiger partial charge on any atom is 0.240 e. The minimum atomic E-state index is -3.61. The lowest BCUT2D eigenvalue weighted by Crippen LogP contribution is -2.24. The number of nitrogens with one attached hydrogen (secondary N) is 1. The van der Waals surface area contributed by atoms with Crippen molar-refractivity contribution in [1.29, 1.82) is 0 Å². The fourth-order valence-electron chi connectivity index (χ4n) is 2.67. The van der Waals surface area contributed by atoms with Gasteiger partial charge in [0.2, 0.25) is 10.0 Å². The molecule has 1 N–H and O–H groups in total. The van der Waals surface area contributed by atoms with Crippen molar-refractivity contribution < 1.29 is 13.2 Å². The maximum absolute atomic E-state index is 12.4. The van der Waals surface area contributed by atoms with Crippen molar-refractivity contribution in [3.05, 3.63) is 53.9 Å². The number of rotatable bonds is 5. The molecule has 0 radical (unpaired) electrons. The second kappa shape index (κ2) is 6.26. The van der Waals surface area contributed by atoms with Crippen LogP contribution in [0.3, 0.4) is 0 Å². The van der Waals surface area contributed by atoms with Crippen LogP contribution in [0.25, 0.3) is 11.0 Å². The maximum atomic E-state index is 12.4. The van der Waals surface area contributed by atoms with E-state index >= 15 is 0 Å². The average Bonchev–Trinajstić information content (AvgIpc) is 2.90. The van der Waals surface area contributed by atoms with Crippen molar-refractivity contribution in [2.45, 2.75) is 18.4 Å². The van der Waals surface area contributed by atoms with Gasteiger partial charge in [0, 0.05) is 7.05 Å². The fraction of sp³-hybridized carbons (Fsp3) is 0.235. The summed E-state index contributed by atoms with van der Waals surface area (Å²) in [6.45, 7) is 2.13. The third kappa shape index (κ3) is 3.00. The van der Waals surface area contributed by atoms with Crippen LogP contribution in [0.15, 0.2) is 47.4 Å². The number of methoxy groups -OCH3 is 1. The van der Waals surface area contributed by atoms with E-state index in [0.29, 0.717) is 11.6 Å². The van der Waals surface area contributed by atoms with Gasteiger partial charge in [-0.25, -0.2) is 18.1 Å². The van der Waals surface area contributed by atoms with Gasteiger partial charge in [0.1, 0.15) is 11.6 Å². The first-order valence-electron chi connectivity index (χ1n) is 7.47. The highest BCUT2D eigenvalue weighted by molar-refractivity contribution is 7.89.